The first-order valence-electron chi connectivity index (χ1n) is 10.8. The second kappa shape index (κ2) is 10.4. The summed E-state index contributed by atoms with van der Waals surface area (Å²) in [5.74, 6) is -0.838. The van der Waals surface area contributed by atoms with Gasteiger partial charge < -0.3 is 0 Å². The Morgan fingerprint density at radius 2 is 1.81 bits per heavy atom. The van der Waals surface area contributed by atoms with E-state index in [1.807, 2.05) is 42.5 Å². The first-order chi connectivity index (χ1) is 17.0. The van der Waals surface area contributed by atoms with E-state index in [0.29, 0.717) is 10.7 Å². The Bertz CT molecular complexity index is 1500. The van der Waals surface area contributed by atoms with E-state index < -0.39 is 25.8 Å². The second-order valence-corrected chi connectivity index (χ2v) is 11.8. The van der Waals surface area contributed by atoms with Gasteiger partial charge in [-0.2, -0.15) is 18.6 Å². The van der Waals surface area contributed by atoms with Gasteiger partial charge >= 0.3 is 0 Å². The van der Waals surface area contributed by atoms with E-state index in [1.165, 1.54) is 22.0 Å². The van der Waals surface area contributed by atoms with Crippen LogP contribution in [0.1, 0.15) is 17.0 Å². The van der Waals surface area contributed by atoms with Gasteiger partial charge in [0, 0.05) is 24.2 Å². The van der Waals surface area contributed by atoms with Gasteiger partial charge in [-0.3, -0.25) is 4.68 Å². The molecule has 0 unspecified atom stereocenters. The molecule has 0 aliphatic carbocycles. The van der Waals surface area contributed by atoms with Gasteiger partial charge in [-0.1, -0.05) is 54.1 Å². The molecule has 1 aliphatic rings. The number of hydrazone groups is 1. The number of guanidine groups is 1. The van der Waals surface area contributed by atoms with Crippen LogP contribution < -0.4 is 9.86 Å². The lowest BCUT2D eigenvalue weighted by Crippen LogP contribution is -2.42. The molecule has 3 aromatic rings. The van der Waals surface area contributed by atoms with Crippen LogP contribution in [0, 0.1) is 0 Å². The van der Waals surface area contributed by atoms with Crippen LogP contribution in [0.25, 0.3) is 0 Å². The summed E-state index contributed by atoms with van der Waals surface area (Å²) in [6.07, 6.45) is 1.49. The lowest BCUT2D eigenvalue weighted by Gasteiger charge is -2.19. The summed E-state index contributed by atoms with van der Waals surface area (Å²) in [4.78, 5) is 4.21. The molecule has 11 nitrogen and oxygen atoms in total. The Morgan fingerprint density at radius 1 is 1.11 bits per heavy atom. The molecule has 0 saturated heterocycles. The molecule has 0 fully saturated rings. The summed E-state index contributed by atoms with van der Waals surface area (Å²) in [6, 6.07) is 18.1. The molecule has 1 aromatic heterocycles. The van der Waals surface area contributed by atoms with Gasteiger partial charge in [0.25, 0.3) is 10.0 Å². The third-order valence-electron chi connectivity index (χ3n) is 5.33. The molecule has 0 spiro atoms. The Balaban J connectivity index is 1.73. The minimum atomic E-state index is -4.13. The number of primary sulfonamides is 1. The van der Waals surface area contributed by atoms with E-state index >= 15 is 0 Å². The largest absolute Gasteiger partial charge is 0.283 e. The molecule has 14 heteroatoms. The Hall–Kier alpha value is -3.26. The van der Waals surface area contributed by atoms with Crippen molar-refractivity contribution < 1.29 is 16.8 Å². The highest BCUT2D eigenvalue weighted by atomic mass is 35.5. The van der Waals surface area contributed by atoms with Crippen LogP contribution in [-0.2, 0) is 27.1 Å². The van der Waals surface area contributed by atoms with Crippen molar-refractivity contribution in [3.05, 3.63) is 83.0 Å². The number of aromatic nitrogens is 2. The number of halogens is 1. The molecule has 0 radical (unpaired) electrons. The summed E-state index contributed by atoms with van der Waals surface area (Å²) in [5, 5.41) is 15.5. The molecule has 36 heavy (non-hydrogen) atoms. The number of sulfonamides is 2. The quantitative estimate of drug-likeness (QED) is 0.336. The minimum absolute atomic E-state index is 0.144. The highest BCUT2D eigenvalue weighted by Crippen LogP contribution is 2.29. The molecule has 3 N–H and O–H groups in total. The number of aryl methyl sites for hydroxylation is 1. The lowest BCUT2D eigenvalue weighted by molar-refractivity contribution is 0.461. The number of benzene rings is 2. The van der Waals surface area contributed by atoms with Crippen molar-refractivity contribution in [3.63, 3.8) is 0 Å². The van der Waals surface area contributed by atoms with Crippen LogP contribution in [0.2, 0.25) is 5.02 Å². The standard InChI is InChI=1S/C22H24ClN7O4S2/c1-29-13-11-20(26-29)36(33,34)28-22(25-12-14-35(24,31)32)30-15-19(16-5-3-2-4-6-16)21(27-30)17-7-9-18(23)10-8-17/h2-11,13,19H,12,14-15H2,1H3,(H,25,28)(H2,24,31,32)/t19-/m1/s1. The molecule has 1 aliphatic heterocycles. The molecule has 0 bridgehead atoms. The van der Waals surface area contributed by atoms with Crippen molar-refractivity contribution >= 4 is 43.3 Å². The first-order valence-corrected chi connectivity index (χ1v) is 14.3. The average Bonchev–Trinajstić information content (AvgIpc) is 3.46. The zero-order valence-electron chi connectivity index (χ0n) is 19.2. The number of rotatable bonds is 7. The van der Waals surface area contributed by atoms with Crippen molar-refractivity contribution in [2.45, 2.75) is 10.9 Å². The van der Waals surface area contributed by atoms with Crippen molar-refractivity contribution in [2.75, 3.05) is 18.8 Å². The fourth-order valence-electron chi connectivity index (χ4n) is 3.62. The predicted octanol–water partition coefficient (Wildman–Crippen LogP) is 1.50. The van der Waals surface area contributed by atoms with Gasteiger partial charge in [-0.15, -0.1) is 0 Å². The summed E-state index contributed by atoms with van der Waals surface area (Å²) in [6.45, 7) is -0.0157. The van der Waals surface area contributed by atoms with Gasteiger partial charge in [-0.05, 0) is 29.3 Å². The number of aliphatic imine (C=N–C) groups is 1. The van der Waals surface area contributed by atoms with Crippen molar-refractivity contribution in [2.24, 2.45) is 22.3 Å². The number of nitrogens with two attached hydrogens (primary N) is 1. The van der Waals surface area contributed by atoms with E-state index in [1.54, 1.807) is 19.2 Å². The van der Waals surface area contributed by atoms with Crippen molar-refractivity contribution in [1.29, 1.82) is 0 Å². The topological polar surface area (TPSA) is 152 Å². The molecule has 4 rings (SSSR count). The van der Waals surface area contributed by atoms with Crippen LogP contribution in [-0.4, -0.2) is 62.1 Å². The van der Waals surface area contributed by atoms with E-state index in [9.17, 15) is 16.8 Å². The Kier molecular flexibility index (Phi) is 7.45. The number of nitrogens with one attached hydrogen (secondary N) is 1. The number of hydrogen-bond acceptors (Lipinski definition) is 7. The first kappa shape index (κ1) is 25.8. The van der Waals surface area contributed by atoms with Crippen LogP contribution in [0.4, 0.5) is 0 Å². The number of nitrogens with zero attached hydrogens (tertiary/aromatic N) is 5. The SMILES string of the molecule is Cn1ccc(S(=O)(=O)N/C(=N\CCS(N)(=O)=O)N2C[C@H](c3ccccc3)C(c3ccc(Cl)cc3)=N2)n1. The second-order valence-electron chi connectivity index (χ2n) is 8.04. The minimum Gasteiger partial charge on any atom is -0.274 e. The van der Waals surface area contributed by atoms with Crippen LogP contribution in [0.15, 0.2) is 82.0 Å². The zero-order valence-corrected chi connectivity index (χ0v) is 21.6. The average molecular weight is 550 g/mol. The van der Waals surface area contributed by atoms with Crippen molar-refractivity contribution in [1.82, 2.24) is 19.5 Å². The van der Waals surface area contributed by atoms with E-state index in [0.717, 1.165) is 11.1 Å². The van der Waals surface area contributed by atoms with Gasteiger partial charge in [0.15, 0.2) is 5.03 Å². The maximum Gasteiger partial charge on any atom is 0.283 e. The molecule has 2 heterocycles. The third-order valence-corrected chi connectivity index (χ3v) is 7.55. The summed E-state index contributed by atoms with van der Waals surface area (Å²) in [7, 11) is -6.36. The maximum absolute atomic E-state index is 13.0. The fraction of sp³-hybridized carbons (Fsp3) is 0.227. The van der Waals surface area contributed by atoms with Gasteiger partial charge in [0.2, 0.25) is 16.0 Å². The summed E-state index contributed by atoms with van der Waals surface area (Å²) >= 11 is 6.06. The summed E-state index contributed by atoms with van der Waals surface area (Å²) < 4.78 is 52.7. The van der Waals surface area contributed by atoms with Crippen LogP contribution >= 0.6 is 11.6 Å². The fourth-order valence-corrected chi connectivity index (χ4v) is 5.08. The Labute approximate surface area is 214 Å². The van der Waals surface area contributed by atoms with E-state index in [-0.39, 0.29) is 30.0 Å². The molecule has 190 valence electrons. The molecule has 0 saturated carbocycles. The van der Waals surface area contributed by atoms with E-state index in [2.05, 4.69) is 19.9 Å². The Morgan fingerprint density at radius 3 is 2.42 bits per heavy atom. The van der Waals surface area contributed by atoms with Gasteiger partial charge in [0.05, 0.1) is 24.6 Å². The molecule has 2 aromatic carbocycles. The molecule has 1 atom stereocenters. The summed E-state index contributed by atoms with van der Waals surface area (Å²) in [5.41, 5.74) is 2.44. The molecular formula is C22H24ClN7O4S2. The molecule has 0 amide bonds. The normalized spacial score (nSPS) is 16.8. The molecular weight excluding hydrogens is 526 g/mol. The predicted molar refractivity (Wildman–Crippen MR) is 138 cm³/mol. The van der Waals surface area contributed by atoms with E-state index in [4.69, 9.17) is 16.7 Å². The maximum atomic E-state index is 13.0. The number of hydrogen-bond donors (Lipinski definition) is 2. The van der Waals surface area contributed by atoms with Gasteiger partial charge in [-0.25, -0.2) is 28.3 Å². The zero-order chi connectivity index (χ0) is 25.9. The highest BCUT2D eigenvalue weighted by Gasteiger charge is 2.33. The highest BCUT2D eigenvalue weighted by molar-refractivity contribution is 7.90. The van der Waals surface area contributed by atoms with Crippen LogP contribution in [0.3, 0.4) is 0 Å². The van der Waals surface area contributed by atoms with Crippen LogP contribution in [0.5, 0.6) is 0 Å². The van der Waals surface area contributed by atoms with Gasteiger partial charge in [0.1, 0.15) is 0 Å². The van der Waals surface area contributed by atoms with Crippen molar-refractivity contribution in [3.8, 4) is 0 Å². The smallest absolute Gasteiger partial charge is 0.274 e. The third kappa shape index (κ3) is 6.29. The monoisotopic (exact) mass is 549 g/mol. The lowest BCUT2D eigenvalue weighted by atomic mass is 9.91.